The summed E-state index contributed by atoms with van der Waals surface area (Å²) < 4.78 is 10.7. The van der Waals surface area contributed by atoms with Crippen molar-refractivity contribution in [2.45, 2.75) is 52.4 Å². The van der Waals surface area contributed by atoms with E-state index in [1.807, 2.05) is 6.92 Å². The summed E-state index contributed by atoms with van der Waals surface area (Å²) in [5.74, 6) is -0.122. The van der Waals surface area contributed by atoms with Gasteiger partial charge in [-0.25, -0.2) is 0 Å². The molecule has 2 rings (SSSR count). The molecule has 1 fully saturated rings. The normalized spacial score (nSPS) is 22.5. The maximum atomic E-state index is 11.4. The highest BCUT2D eigenvalue weighted by Crippen LogP contribution is 2.15. The Labute approximate surface area is 133 Å². The second kappa shape index (κ2) is 8.30. The number of ether oxygens (including phenoxy) is 2. The molecule has 0 saturated carbocycles. The standard InChI is InChI=1S/C18H27NO3/c1-4-21-18(20)10-9-16-5-7-17(8-6-16)13-19-11-14(2)22-15(3)12-19/h5-8,14-15H,4,9-13H2,1-3H3. The molecule has 1 aliphatic heterocycles. The number of aryl methyl sites for hydroxylation is 1. The number of carbonyl (C=O) groups is 1. The van der Waals surface area contributed by atoms with Crippen LogP contribution in [0.5, 0.6) is 0 Å². The van der Waals surface area contributed by atoms with Crippen molar-refractivity contribution < 1.29 is 14.3 Å². The Morgan fingerprint density at radius 3 is 2.36 bits per heavy atom. The minimum Gasteiger partial charge on any atom is -0.466 e. The van der Waals surface area contributed by atoms with Gasteiger partial charge in [0, 0.05) is 26.1 Å². The van der Waals surface area contributed by atoms with Gasteiger partial charge >= 0.3 is 5.97 Å². The highest BCUT2D eigenvalue weighted by Gasteiger charge is 2.21. The number of nitrogens with zero attached hydrogens (tertiary/aromatic N) is 1. The Hall–Kier alpha value is -1.39. The zero-order valence-corrected chi connectivity index (χ0v) is 13.9. The van der Waals surface area contributed by atoms with Crippen LogP contribution in [0.25, 0.3) is 0 Å². The number of carbonyl (C=O) groups excluding carboxylic acids is 1. The summed E-state index contributed by atoms with van der Waals surface area (Å²) in [5, 5.41) is 0. The molecule has 1 aliphatic rings. The van der Waals surface area contributed by atoms with Gasteiger partial charge in [-0.1, -0.05) is 24.3 Å². The molecule has 2 atom stereocenters. The average Bonchev–Trinajstić information content (AvgIpc) is 2.46. The molecule has 22 heavy (non-hydrogen) atoms. The zero-order valence-electron chi connectivity index (χ0n) is 13.9. The highest BCUT2D eigenvalue weighted by molar-refractivity contribution is 5.69. The van der Waals surface area contributed by atoms with Gasteiger partial charge in [0.25, 0.3) is 0 Å². The van der Waals surface area contributed by atoms with Crippen molar-refractivity contribution >= 4 is 5.97 Å². The first-order chi connectivity index (χ1) is 10.6. The number of hydrogen-bond acceptors (Lipinski definition) is 4. The zero-order chi connectivity index (χ0) is 15.9. The summed E-state index contributed by atoms with van der Waals surface area (Å²) in [5.41, 5.74) is 2.49. The molecule has 1 saturated heterocycles. The second-order valence-electron chi connectivity index (χ2n) is 6.07. The van der Waals surface area contributed by atoms with Gasteiger partial charge in [0.1, 0.15) is 0 Å². The summed E-state index contributed by atoms with van der Waals surface area (Å²) in [6, 6.07) is 8.54. The molecule has 0 radical (unpaired) electrons. The number of benzene rings is 1. The van der Waals surface area contributed by atoms with Crippen LogP contribution < -0.4 is 0 Å². The molecule has 4 nitrogen and oxygen atoms in total. The summed E-state index contributed by atoms with van der Waals surface area (Å²) >= 11 is 0. The number of rotatable bonds is 6. The lowest BCUT2D eigenvalue weighted by Gasteiger charge is -2.35. The van der Waals surface area contributed by atoms with Crippen LogP contribution in [0.3, 0.4) is 0 Å². The molecule has 1 aromatic carbocycles. The van der Waals surface area contributed by atoms with Crippen molar-refractivity contribution in [1.29, 1.82) is 0 Å². The fourth-order valence-electron chi connectivity index (χ4n) is 2.96. The maximum Gasteiger partial charge on any atom is 0.306 e. The topological polar surface area (TPSA) is 38.8 Å². The highest BCUT2D eigenvalue weighted by atomic mass is 16.5. The molecule has 2 unspecified atom stereocenters. The van der Waals surface area contributed by atoms with E-state index in [9.17, 15) is 4.79 Å². The Morgan fingerprint density at radius 1 is 1.18 bits per heavy atom. The van der Waals surface area contributed by atoms with Gasteiger partial charge in [0.2, 0.25) is 0 Å². The molecular formula is C18H27NO3. The van der Waals surface area contributed by atoms with Gasteiger partial charge in [0.15, 0.2) is 0 Å². The number of morpholine rings is 1. The van der Waals surface area contributed by atoms with Gasteiger partial charge in [-0.05, 0) is 38.3 Å². The third-order valence-corrected chi connectivity index (χ3v) is 3.85. The smallest absolute Gasteiger partial charge is 0.306 e. The van der Waals surface area contributed by atoms with Gasteiger partial charge in [-0.15, -0.1) is 0 Å². The van der Waals surface area contributed by atoms with Crippen LogP contribution in [-0.4, -0.2) is 42.8 Å². The molecule has 0 aromatic heterocycles. The van der Waals surface area contributed by atoms with Crippen LogP contribution in [0.4, 0.5) is 0 Å². The van der Waals surface area contributed by atoms with Gasteiger partial charge in [-0.2, -0.15) is 0 Å². The molecule has 1 aromatic rings. The van der Waals surface area contributed by atoms with Crippen molar-refractivity contribution in [3.63, 3.8) is 0 Å². The Bertz CT molecular complexity index is 462. The largest absolute Gasteiger partial charge is 0.466 e. The minimum absolute atomic E-state index is 0.122. The molecule has 1 heterocycles. The monoisotopic (exact) mass is 305 g/mol. The van der Waals surface area contributed by atoms with E-state index in [0.717, 1.165) is 26.1 Å². The molecule has 0 N–H and O–H groups in total. The van der Waals surface area contributed by atoms with E-state index in [4.69, 9.17) is 9.47 Å². The lowest BCUT2D eigenvalue weighted by molar-refractivity contribution is -0.143. The van der Waals surface area contributed by atoms with Crippen LogP contribution in [0, 0.1) is 0 Å². The molecule has 122 valence electrons. The first-order valence-electron chi connectivity index (χ1n) is 8.18. The summed E-state index contributed by atoms with van der Waals surface area (Å²) in [6.07, 6.45) is 1.79. The fraction of sp³-hybridized carbons (Fsp3) is 0.611. The van der Waals surface area contributed by atoms with E-state index >= 15 is 0 Å². The molecule has 4 heteroatoms. The Balaban J connectivity index is 1.82. The first kappa shape index (κ1) is 17.0. The Kier molecular flexibility index (Phi) is 6.40. The molecule has 0 bridgehead atoms. The van der Waals surface area contributed by atoms with Crippen LogP contribution in [0.15, 0.2) is 24.3 Å². The molecule has 0 amide bonds. The van der Waals surface area contributed by atoms with Crippen molar-refractivity contribution in [1.82, 2.24) is 4.90 Å². The van der Waals surface area contributed by atoms with Crippen LogP contribution >= 0.6 is 0 Å². The quantitative estimate of drug-likeness (QED) is 0.758. The fourth-order valence-corrected chi connectivity index (χ4v) is 2.96. The van der Waals surface area contributed by atoms with Crippen LogP contribution in [0.2, 0.25) is 0 Å². The van der Waals surface area contributed by atoms with Gasteiger partial charge < -0.3 is 9.47 Å². The minimum atomic E-state index is -0.122. The lowest BCUT2D eigenvalue weighted by Crippen LogP contribution is -2.44. The molecule has 0 spiro atoms. The van der Waals surface area contributed by atoms with Gasteiger partial charge in [0.05, 0.1) is 18.8 Å². The van der Waals surface area contributed by atoms with Crippen molar-refractivity contribution in [2.75, 3.05) is 19.7 Å². The first-order valence-corrected chi connectivity index (χ1v) is 8.18. The van der Waals surface area contributed by atoms with Crippen molar-refractivity contribution in [2.24, 2.45) is 0 Å². The maximum absolute atomic E-state index is 11.4. The molecular weight excluding hydrogens is 278 g/mol. The predicted octanol–water partition coefficient (Wildman–Crippen LogP) is 2.79. The summed E-state index contributed by atoms with van der Waals surface area (Å²) in [6.45, 7) is 9.45. The predicted molar refractivity (Wildman–Crippen MR) is 86.7 cm³/mol. The van der Waals surface area contributed by atoms with E-state index in [0.29, 0.717) is 25.2 Å². The SMILES string of the molecule is CCOC(=O)CCc1ccc(CN2CC(C)OC(C)C2)cc1. The van der Waals surface area contributed by atoms with E-state index < -0.39 is 0 Å². The van der Waals surface area contributed by atoms with E-state index in [2.05, 4.69) is 43.0 Å². The van der Waals surface area contributed by atoms with E-state index in [-0.39, 0.29) is 5.97 Å². The van der Waals surface area contributed by atoms with Crippen molar-refractivity contribution in [3.05, 3.63) is 35.4 Å². The third kappa shape index (κ3) is 5.43. The summed E-state index contributed by atoms with van der Waals surface area (Å²) in [7, 11) is 0. The van der Waals surface area contributed by atoms with Gasteiger partial charge in [-0.3, -0.25) is 9.69 Å². The van der Waals surface area contributed by atoms with Crippen molar-refractivity contribution in [3.8, 4) is 0 Å². The number of esters is 1. The summed E-state index contributed by atoms with van der Waals surface area (Å²) in [4.78, 5) is 13.8. The lowest BCUT2D eigenvalue weighted by atomic mass is 10.1. The Morgan fingerprint density at radius 2 is 1.77 bits per heavy atom. The molecule has 0 aliphatic carbocycles. The average molecular weight is 305 g/mol. The van der Waals surface area contributed by atoms with Crippen LogP contribution in [-0.2, 0) is 27.2 Å². The third-order valence-electron chi connectivity index (χ3n) is 3.85. The van der Waals surface area contributed by atoms with E-state index in [1.54, 1.807) is 0 Å². The van der Waals surface area contributed by atoms with Crippen LogP contribution in [0.1, 0.15) is 38.3 Å². The second-order valence-corrected chi connectivity index (χ2v) is 6.07. The number of hydrogen-bond donors (Lipinski definition) is 0. The van der Waals surface area contributed by atoms with E-state index in [1.165, 1.54) is 11.1 Å².